The standard InChI is InChI=1S/C22H29NO3S/c1-12(2)26-20(24)18-16-5-3-4-6-17(16)27-19(18)23-21(25)22-10-13-7-14(11-22)9-15(22)8-13/h12-15H,3-11H2,1-2H3,(H,23,25)/t13-,14?,15?,22?/m1/s1. The van der Waals surface area contributed by atoms with Crippen molar-refractivity contribution in [2.45, 2.75) is 77.7 Å². The number of amides is 1. The van der Waals surface area contributed by atoms with Gasteiger partial charge in [-0.25, -0.2) is 4.79 Å². The third kappa shape index (κ3) is 2.76. The lowest BCUT2D eigenvalue weighted by atomic mass is 9.75. The van der Waals surface area contributed by atoms with Crippen LogP contribution < -0.4 is 5.32 Å². The van der Waals surface area contributed by atoms with Gasteiger partial charge >= 0.3 is 5.97 Å². The van der Waals surface area contributed by atoms with Crippen molar-refractivity contribution >= 4 is 28.2 Å². The fourth-order valence-corrected chi connectivity index (χ4v) is 7.81. The molecule has 0 saturated heterocycles. The summed E-state index contributed by atoms with van der Waals surface area (Å²) >= 11 is 1.61. The van der Waals surface area contributed by atoms with Gasteiger partial charge in [-0.2, -0.15) is 0 Å². The van der Waals surface area contributed by atoms with Crippen molar-refractivity contribution in [2.75, 3.05) is 5.32 Å². The molecule has 6 rings (SSSR count). The number of aryl methyl sites for hydroxylation is 1. The summed E-state index contributed by atoms with van der Waals surface area (Å²) in [7, 11) is 0. The first-order valence-electron chi connectivity index (χ1n) is 10.6. The molecule has 146 valence electrons. The van der Waals surface area contributed by atoms with Crippen molar-refractivity contribution in [3.63, 3.8) is 0 Å². The molecule has 5 aliphatic carbocycles. The van der Waals surface area contributed by atoms with Crippen molar-refractivity contribution in [2.24, 2.45) is 23.2 Å². The molecule has 4 bridgehead atoms. The maximum absolute atomic E-state index is 13.4. The third-order valence-electron chi connectivity index (χ3n) is 7.39. The number of anilines is 1. The minimum absolute atomic E-state index is 0.153. The maximum Gasteiger partial charge on any atom is 0.341 e. The number of nitrogens with one attached hydrogen (secondary N) is 1. The second-order valence-corrected chi connectivity index (χ2v) is 10.6. The Morgan fingerprint density at radius 2 is 1.81 bits per heavy atom. The lowest BCUT2D eigenvalue weighted by molar-refractivity contribution is -0.127. The Morgan fingerprint density at radius 3 is 2.52 bits per heavy atom. The molecule has 5 heteroatoms. The van der Waals surface area contributed by atoms with Crippen LogP contribution in [0.2, 0.25) is 0 Å². The smallest absolute Gasteiger partial charge is 0.341 e. The van der Waals surface area contributed by atoms with Gasteiger partial charge in [0.05, 0.1) is 17.1 Å². The van der Waals surface area contributed by atoms with Crippen LogP contribution in [0.25, 0.3) is 0 Å². The molecule has 3 unspecified atom stereocenters. The van der Waals surface area contributed by atoms with Crippen LogP contribution in [0.5, 0.6) is 0 Å². The molecule has 1 heterocycles. The second kappa shape index (κ2) is 6.33. The van der Waals surface area contributed by atoms with Gasteiger partial charge in [-0.05, 0) is 95.0 Å². The average molecular weight is 388 g/mol. The van der Waals surface area contributed by atoms with Crippen LogP contribution in [0, 0.1) is 23.2 Å². The Morgan fingerprint density at radius 1 is 1.11 bits per heavy atom. The zero-order valence-electron chi connectivity index (χ0n) is 16.3. The maximum atomic E-state index is 13.4. The molecule has 1 amide bonds. The first-order chi connectivity index (χ1) is 13.0. The Balaban J connectivity index is 1.46. The number of rotatable bonds is 4. The van der Waals surface area contributed by atoms with Gasteiger partial charge < -0.3 is 10.1 Å². The fourth-order valence-electron chi connectivity index (χ4n) is 6.54. The van der Waals surface area contributed by atoms with Crippen molar-refractivity contribution in [1.29, 1.82) is 0 Å². The van der Waals surface area contributed by atoms with Crippen LogP contribution in [-0.4, -0.2) is 18.0 Å². The number of carbonyl (C=O) groups is 2. The Hall–Kier alpha value is -1.36. The topological polar surface area (TPSA) is 55.4 Å². The summed E-state index contributed by atoms with van der Waals surface area (Å²) in [5.41, 5.74) is 1.60. The molecule has 4 nitrogen and oxygen atoms in total. The van der Waals surface area contributed by atoms with E-state index in [9.17, 15) is 9.59 Å². The molecular weight excluding hydrogens is 358 g/mol. The van der Waals surface area contributed by atoms with E-state index in [0.29, 0.717) is 11.5 Å². The lowest BCUT2D eigenvalue weighted by Crippen LogP contribution is -2.37. The molecule has 1 aromatic heterocycles. The highest BCUT2D eigenvalue weighted by Gasteiger charge is 2.61. The monoisotopic (exact) mass is 387 g/mol. The molecule has 4 fully saturated rings. The Kier molecular flexibility index (Phi) is 4.15. The molecule has 4 atom stereocenters. The number of carbonyl (C=O) groups excluding carboxylic acids is 2. The minimum Gasteiger partial charge on any atom is -0.459 e. The summed E-state index contributed by atoms with van der Waals surface area (Å²) in [5, 5.41) is 3.99. The largest absolute Gasteiger partial charge is 0.459 e. The van der Waals surface area contributed by atoms with Crippen molar-refractivity contribution in [3.8, 4) is 0 Å². The Bertz CT molecular complexity index is 782. The highest BCUT2D eigenvalue weighted by molar-refractivity contribution is 7.17. The molecule has 5 aliphatic rings. The van der Waals surface area contributed by atoms with Gasteiger partial charge in [-0.15, -0.1) is 11.3 Å². The van der Waals surface area contributed by atoms with Crippen LogP contribution in [0.1, 0.15) is 79.6 Å². The number of fused-ring (bicyclic) bond motifs is 1. The van der Waals surface area contributed by atoms with E-state index in [2.05, 4.69) is 5.32 Å². The fraction of sp³-hybridized carbons (Fsp3) is 0.727. The van der Waals surface area contributed by atoms with E-state index in [4.69, 9.17) is 4.74 Å². The first-order valence-corrected chi connectivity index (χ1v) is 11.4. The van der Waals surface area contributed by atoms with Crippen LogP contribution >= 0.6 is 11.3 Å². The van der Waals surface area contributed by atoms with Gasteiger partial charge in [0, 0.05) is 4.88 Å². The van der Waals surface area contributed by atoms with Gasteiger partial charge in [-0.1, -0.05) is 0 Å². The highest BCUT2D eigenvalue weighted by atomic mass is 32.1. The van der Waals surface area contributed by atoms with Gasteiger partial charge in [0.2, 0.25) is 5.91 Å². The number of esters is 1. The second-order valence-electron chi connectivity index (χ2n) is 9.52. The van der Waals surface area contributed by atoms with E-state index < -0.39 is 0 Å². The number of ether oxygens (including phenoxy) is 1. The van der Waals surface area contributed by atoms with E-state index >= 15 is 0 Å². The van der Waals surface area contributed by atoms with Gasteiger partial charge in [0.25, 0.3) is 0 Å². The summed E-state index contributed by atoms with van der Waals surface area (Å²) in [6, 6.07) is 0. The summed E-state index contributed by atoms with van der Waals surface area (Å²) in [6.07, 6.45) is 9.93. The summed E-state index contributed by atoms with van der Waals surface area (Å²) in [5.74, 6) is 1.95. The molecule has 0 radical (unpaired) electrons. The van der Waals surface area contributed by atoms with Gasteiger partial charge in [0.1, 0.15) is 5.00 Å². The van der Waals surface area contributed by atoms with E-state index in [0.717, 1.165) is 60.9 Å². The van der Waals surface area contributed by atoms with E-state index in [1.807, 2.05) is 13.8 Å². The van der Waals surface area contributed by atoms with E-state index in [1.165, 1.54) is 24.1 Å². The van der Waals surface area contributed by atoms with Crippen LogP contribution in [-0.2, 0) is 22.4 Å². The predicted octanol–water partition coefficient (Wildman–Crippen LogP) is 4.96. The van der Waals surface area contributed by atoms with Crippen LogP contribution in [0.15, 0.2) is 0 Å². The third-order valence-corrected chi connectivity index (χ3v) is 8.59. The molecule has 1 N–H and O–H groups in total. The molecule has 1 aromatic rings. The lowest BCUT2D eigenvalue weighted by Gasteiger charge is -2.31. The van der Waals surface area contributed by atoms with Crippen LogP contribution in [0.3, 0.4) is 0 Å². The number of thiophene rings is 1. The molecule has 0 aliphatic heterocycles. The molecule has 4 saturated carbocycles. The van der Waals surface area contributed by atoms with E-state index in [1.54, 1.807) is 11.3 Å². The predicted molar refractivity (Wildman–Crippen MR) is 106 cm³/mol. The Labute approximate surface area is 165 Å². The SMILES string of the molecule is CC(C)OC(=O)c1c(NC(=O)C23CC4CC2C[C@@H](C4)C3)sc2c1CCCC2. The highest BCUT2D eigenvalue weighted by Crippen LogP contribution is 2.65. The molecule has 27 heavy (non-hydrogen) atoms. The summed E-state index contributed by atoms with van der Waals surface area (Å²) in [6.45, 7) is 3.75. The van der Waals surface area contributed by atoms with Gasteiger partial charge in [-0.3, -0.25) is 4.79 Å². The zero-order chi connectivity index (χ0) is 18.8. The summed E-state index contributed by atoms with van der Waals surface area (Å²) < 4.78 is 5.53. The average Bonchev–Trinajstić information content (AvgIpc) is 3.18. The van der Waals surface area contributed by atoms with Gasteiger partial charge in [0.15, 0.2) is 0 Å². The van der Waals surface area contributed by atoms with E-state index in [-0.39, 0.29) is 23.4 Å². The number of hydrogen-bond acceptors (Lipinski definition) is 4. The van der Waals surface area contributed by atoms with Crippen molar-refractivity contribution in [1.82, 2.24) is 0 Å². The zero-order valence-corrected chi connectivity index (χ0v) is 17.1. The first kappa shape index (κ1) is 17.7. The number of hydrogen-bond donors (Lipinski definition) is 1. The molecule has 0 aromatic carbocycles. The molecular formula is C22H29NO3S. The van der Waals surface area contributed by atoms with Crippen molar-refractivity contribution < 1.29 is 14.3 Å². The summed E-state index contributed by atoms with van der Waals surface area (Å²) in [4.78, 5) is 27.5. The minimum atomic E-state index is -0.269. The normalized spacial score (nSPS) is 33.4. The van der Waals surface area contributed by atoms with Crippen LogP contribution in [0.4, 0.5) is 5.00 Å². The van der Waals surface area contributed by atoms with Crippen molar-refractivity contribution in [3.05, 3.63) is 16.0 Å². The quantitative estimate of drug-likeness (QED) is 0.743. The molecule has 0 spiro atoms.